The van der Waals surface area contributed by atoms with Gasteiger partial charge in [0.25, 0.3) is 0 Å². The van der Waals surface area contributed by atoms with Crippen LogP contribution in [0.1, 0.15) is 28.8 Å². The second-order valence-electron chi connectivity index (χ2n) is 5.21. The number of piperidine rings is 1. The Morgan fingerprint density at radius 2 is 1.95 bits per heavy atom. The standard InChI is InChI=1S/C15H19N3O/c19-14-10-18-15(13-4-2-1-3-12(13)14)17-9-11-5-7-16-8-6-11/h1-4,11,16H,5-10H2,(H,17,18). The number of nitrogens with zero attached hydrogens (tertiary/aromatic N) is 1. The van der Waals surface area contributed by atoms with Crippen LogP contribution in [0.3, 0.4) is 0 Å². The topological polar surface area (TPSA) is 53.5 Å². The first-order valence-electron chi connectivity index (χ1n) is 6.96. The van der Waals surface area contributed by atoms with Gasteiger partial charge in [-0.1, -0.05) is 24.3 Å². The van der Waals surface area contributed by atoms with Crippen molar-refractivity contribution < 1.29 is 4.79 Å². The molecule has 2 heterocycles. The van der Waals surface area contributed by atoms with Crippen LogP contribution in [-0.4, -0.2) is 37.8 Å². The maximum Gasteiger partial charge on any atom is 0.185 e. The van der Waals surface area contributed by atoms with Crippen LogP contribution < -0.4 is 10.6 Å². The molecular weight excluding hydrogens is 238 g/mol. The maximum absolute atomic E-state index is 11.8. The van der Waals surface area contributed by atoms with Crippen LogP contribution in [0.2, 0.25) is 0 Å². The first kappa shape index (κ1) is 12.4. The lowest BCUT2D eigenvalue weighted by Crippen LogP contribution is -2.38. The quantitative estimate of drug-likeness (QED) is 0.837. The summed E-state index contributed by atoms with van der Waals surface area (Å²) in [5.74, 6) is 1.70. The van der Waals surface area contributed by atoms with Crippen molar-refractivity contribution in [2.45, 2.75) is 12.8 Å². The molecule has 0 radical (unpaired) electrons. The predicted octanol–water partition coefficient (Wildman–Crippen LogP) is 1.22. The third-order valence-electron chi connectivity index (χ3n) is 3.88. The number of ketones is 1. The molecule has 100 valence electrons. The van der Waals surface area contributed by atoms with E-state index < -0.39 is 0 Å². The zero-order valence-corrected chi connectivity index (χ0v) is 11.0. The molecule has 4 nitrogen and oxygen atoms in total. The normalized spacial score (nSPS) is 19.8. The number of carbonyl (C=O) groups is 1. The zero-order chi connectivity index (χ0) is 13.1. The van der Waals surface area contributed by atoms with Gasteiger partial charge in [-0.15, -0.1) is 0 Å². The summed E-state index contributed by atoms with van der Waals surface area (Å²) in [5.41, 5.74) is 1.75. The molecule has 1 fully saturated rings. The number of benzene rings is 1. The largest absolute Gasteiger partial charge is 0.370 e. The Kier molecular flexibility index (Phi) is 3.60. The highest BCUT2D eigenvalue weighted by Crippen LogP contribution is 2.16. The van der Waals surface area contributed by atoms with E-state index in [1.807, 2.05) is 24.3 Å². The van der Waals surface area contributed by atoms with Crippen LogP contribution in [-0.2, 0) is 0 Å². The Balaban J connectivity index is 1.69. The van der Waals surface area contributed by atoms with Crippen molar-refractivity contribution in [3.05, 3.63) is 35.4 Å². The van der Waals surface area contributed by atoms with Crippen LogP contribution >= 0.6 is 0 Å². The van der Waals surface area contributed by atoms with E-state index in [9.17, 15) is 4.79 Å². The van der Waals surface area contributed by atoms with Crippen LogP contribution in [0.5, 0.6) is 0 Å². The molecule has 0 saturated carbocycles. The molecule has 0 aromatic heterocycles. The Labute approximate surface area is 113 Å². The minimum absolute atomic E-state index is 0.114. The number of nitrogens with one attached hydrogen (secondary N) is 2. The van der Waals surface area contributed by atoms with Gasteiger partial charge >= 0.3 is 0 Å². The summed E-state index contributed by atoms with van der Waals surface area (Å²) >= 11 is 0. The van der Waals surface area contributed by atoms with Crippen molar-refractivity contribution in [3.63, 3.8) is 0 Å². The molecule has 1 aromatic rings. The number of fused-ring (bicyclic) bond motifs is 1. The van der Waals surface area contributed by atoms with Crippen LogP contribution in [0.15, 0.2) is 29.3 Å². The average molecular weight is 257 g/mol. The van der Waals surface area contributed by atoms with Crippen molar-refractivity contribution in [2.75, 3.05) is 26.2 Å². The molecule has 0 bridgehead atoms. The van der Waals surface area contributed by atoms with E-state index in [4.69, 9.17) is 0 Å². The summed E-state index contributed by atoms with van der Waals surface area (Å²) in [4.78, 5) is 16.2. The highest BCUT2D eigenvalue weighted by molar-refractivity contribution is 6.14. The van der Waals surface area contributed by atoms with E-state index in [1.165, 1.54) is 12.8 Å². The fourth-order valence-electron chi connectivity index (χ4n) is 2.73. The molecule has 0 unspecified atom stereocenters. The van der Waals surface area contributed by atoms with E-state index in [1.54, 1.807) is 0 Å². The molecule has 1 aromatic carbocycles. The summed E-state index contributed by atoms with van der Waals surface area (Å²) < 4.78 is 0. The van der Waals surface area contributed by atoms with Gasteiger partial charge in [0, 0.05) is 17.7 Å². The highest BCUT2D eigenvalue weighted by Gasteiger charge is 2.20. The Bertz CT molecular complexity index is 504. The number of rotatable bonds is 2. The Morgan fingerprint density at radius 3 is 2.74 bits per heavy atom. The summed E-state index contributed by atoms with van der Waals surface area (Å²) in [6, 6.07) is 7.73. The predicted molar refractivity (Wildman–Crippen MR) is 75.8 cm³/mol. The molecule has 0 spiro atoms. The lowest BCUT2D eigenvalue weighted by molar-refractivity contribution is 0.1000. The molecule has 0 amide bonds. The van der Waals surface area contributed by atoms with Gasteiger partial charge in [0.15, 0.2) is 5.78 Å². The molecular formula is C15H19N3O. The van der Waals surface area contributed by atoms with Gasteiger partial charge in [0.1, 0.15) is 12.4 Å². The van der Waals surface area contributed by atoms with Crippen molar-refractivity contribution >= 4 is 11.6 Å². The number of carbonyl (C=O) groups excluding carboxylic acids is 1. The van der Waals surface area contributed by atoms with E-state index in [0.717, 1.165) is 36.6 Å². The van der Waals surface area contributed by atoms with Gasteiger partial charge < -0.3 is 10.6 Å². The second kappa shape index (κ2) is 5.53. The molecule has 2 aliphatic rings. The fraction of sp³-hybridized carbons (Fsp3) is 0.467. The lowest BCUT2D eigenvalue weighted by Gasteiger charge is -2.25. The Hall–Kier alpha value is -1.68. The zero-order valence-electron chi connectivity index (χ0n) is 11.0. The molecule has 1 saturated heterocycles. The molecule has 0 aliphatic carbocycles. The number of Topliss-reactive ketones (excluding diaryl/α,β-unsaturated/α-hetero) is 1. The van der Waals surface area contributed by atoms with E-state index in [0.29, 0.717) is 5.92 Å². The summed E-state index contributed by atoms with van der Waals surface area (Å²) in [6.07, 6.45) is 2.42. The average Bonchev–Trinajstić information content (AvgIpc) is 2.48. The molecule has 3 rings (SSSR count). The summed E-state index contributed by atoms with van der Waals surface area (Å²) in [7, 11) is 0. The first-order chi connectivity index (χ1) is 9.34. The van der Waals surface area contributed by atoms with E-state index in [2.05, 4.69) is 15.6 Å². The van der Waals surface area contributed by atoms with Gasteiger partial charge in [-0.05, 0) is 31.8 Å². The molecule has 19 heavy (non-hydrogen) atoms. The van der Waals surface area contributed by atoms with Gasteiger partial charge in [-0.25, -0.2) is 0 Å². The van der Waals surface area contributed by atoms with Crippen molar-refractivity contribution in [3.8, 4) is 0 Å². The van der Waals surface area contributed by atoms with Gasteiger partial charge in [0.05, 0.1) is 0 Å². The number of hydrogen-bond donors (Lipinski definition) is 2. The monoisotopic (exact) mass is 257 g/mol. The maximum atomic E-state index is 11.8. The van der Waals surface area contributed by atoms with Crippen LogP contribution in [0.4, 0.5) is 0 Å². The Morgan fingerprint density at radius 1 is 1.21 bits per heavy atom. The molecule has 2 aliphatic heterocycles. The SMILES string of the molecule is O=C1CN=C(NCC2CCNCC2)c2ccccc21. The molecule has 2 N–H and O–H groups in total. The van der Waals surface area contributed by atoms with Gasteiger partial charge in [-0.3, -0.25) is 9.79 Å². The number of amidine groups is 1. The minimum Gasteiger partial charge on any atom is -0.370 e. The molecule has 4 heteroatoms. The van der Waals surface area contributed by atoms with E-state index >= 15 is 0 Å². The van der Waals surface area contributed by atoms with Gasteiger partial charge in [0.2, 0.25) is 0 Å². The smallest absolute Gasteiger partial charge is 0.185 e. The first-order valence-corrected chi connectivity index (χ1v) is 6.96. The van der Waals surface area contributed by atoms with Crippen molar-refractivity contribution in [1.82, 2.24) is 10.6 Å². The highest BCUT2D eigenvalue weighted by atomic mass is 16.1. The third kappa shape index (κ3) is 2.68. The summed E-state index contributed by atoms with van der Waals surface area (Å²) in [5, 5.41) is 6.81. The van der Waals surface area contributed by atoms with Crippen LogP contribution in [0, 0.1) is 5.92 Å². The number of aliphatic imine (C=N–C) groups is 1. The van der Waals surface area contributed by atoms with Crippen molar-refractivity contribution in [1.29, 1.82) is 0 Å². The van der Waals surface area contributed by atoms with Crippen molar-refractivity contribution in [2.24, 2.45) is 10.9 Å². The van der Waals surface area contributed by atoms with E-state index in [-0.39, 0.29) is 12.3 Å². The third-order valence-corrected chi connectivity index (χ3v) is 3.88. The summed E-state index contributed by atoms with van der Waals surface area (Å²) in [6.45, 7) is 3.43. The van der Waals surface area contributed by atoms with Crippen LogP contribution in [0.25, 0.3) is 0 Å². The molecule has 0 atom stereocenters. The number of hydrogen-bond acceptors (Lipinski definition) is 4. The minimum atomic E-state index is 0.114. The fourth-order valence-corrected chi connectivity index (χ4v) is 2.73. The van der Waals surface area contributed by atoms with Gasteiger partial charge in [-0.2, -0.15) is 0 Å². The second-order valence-corrected chi connectivity index (χ2v) is 5.21. The lowest BCUT2D eigenvalue weighted by atomic mass is 9.97.